The molecule has 0 aliphatic carbocycles. The zero-order chi connectivity index (χ0) is 25.5. The summed E-state index contributed by atoms with van der Waals surface area (Å²) in [7, 11) is 0. The SMILES string of the molecule is O=C(COC(=O)[C@H]1CC(=O)N(NC(=O)c2ccccc2Cl)C1)Nc1ccc(Oc2ccccc2)cc1. The van der Waals surface area contributed by atoms with Crippen molar-refractivity contribution < 1.29 is 28.7 Å². The van der Waals surface area contributed by atoms with Crippen LogP contribution < -0.4 is 15.5 Å². The number of amides is 3. The molecule has 4 rings (SSSR count). The second-order valence-corrected chi connectivity index (χ2v) is 8.33. The number of hydrogen-bond donors (Lipinski definition) is 2. The van der Waals surface area contributed by atoms with Crippen LogP contribution in [0.4, 0.5) is 5.69 Å². The van der Waals surface area contributed by atoms with Gasteiger partial charge in [0.2, 0.25) is 5.91 Å². The molecule has 1 aliphatic heterocycles. The van der Waals surface area contributed by atoms with Gasteiger partial charge in [-0.3, -0.25) is 29.6 Å². The van der Waals surface area contributed by atoms with E-state index in [1.807, 2.05) is 30.3 Å². The number of benzene rings is 3. The molecule has 0 radical (unpaired) electrons. The fourth-order valence-corrected chi connectivity index (χ4v) is 3.71. The van der Waals surface area contributed by atoms with Gasteiger partial charge in [0, 0.05) is 12.1 Å². The number of hydrogen-bond acceptors (Lipinski definition) is 6. The number of nitrogens with one attached hydrogen (secondary N) is 2. The molecule has 1 aliphatic rings. The summed E-state index contributed by atoms with van der Waals surface area (Å²) < 4.78 is 10.8. The molecule has 184 valence electrons. The summed E-state index contributed by atoms with van der Waals surface area (Å²) in [5, 5.41) is 3.92. The van der Waals surface area contributed by atoms with E-state index in [0.29, 0.717) is 17.2 Å². The molecule has 1 atom stereocenters. The van der Waals surface area contributed by atoms with Crippen molar-refractivity contribution in [2.24, 2.45) is 5.92 Å². The van der Waals surface area contributed by atoms with Crippen LogP contribution in [-0.2, 0) is 19.1 Å². The van der Waals surface area contributed by atoms with Gasteiger partial charge in [-0.05, 0) is 48.5 Å². The van der Waals surface area contributed by atoms with E-state index in [0.717, 1.165) is 5.01 Å². The van der Waals surface area contributed by atoms with Crippen LogP contribution in [0, 0.1) is 5.92 Å². The summed E-state index contributed by atoms with van der Waals surface area (Å²) in [6.07, 6.45) is -0.147. The summed E-state index contributed by atoms with van der Waals surface area (Å²) in [5.41, 5.74) is 3.15. The first-order valence-electron chi connectivity index (χ1n) is 11.0. The average molecular weight is 508 g/mol. The highest BCUT2D eigenvalue weighted by Crippen LogP contribution is 2.23. The maximum absolute atomic E-state index is 12.4. The number of esters is 1. The Hall–Kier alpha value is -4.37. The molecular formula is C26H22ClN3O6. The summed E-state index contributed by atoms with van der Waals surface area (Å²) in [5.74, 6) is -1.78. The zero-order valence-electron chi connectivity index (χ0n) is 19.0. The minimum absolute atomic E-state index is 0.0711. The molecule has 9 nitrogen and oxygen atoms in total. The average Bonchev–Trinajstić information content (AvgIpc) is 3.24. The van der Waals surface area contributed by atoms with Crippen LogP contribution in [0.3, 0.4) is 0 Å². The molecule has 0 spiro atoms. The Morgan fingerprint density at radius 3 is 2.31 bits per heavy atom. The van der Waals surface area contributed by atoms with Gasteiger partial charge in [-0.1, -0.05) is 41.9 Å². The molecule has 1 heterocycles. The highest BCUT2D eigenvalue weighted by Gasteiger charge is 2.37. The molecule has 0 unspecified atom stereocenters. The minimum Gasteiger partial charge on any atom is -0.457 e. The quantitative estimate of drug-likeness (QED) is 0.448. The predicted molar refractivity (Wildman–Crippen MR) is 131 cm³/mol. The largest absolute Gasteiger partial charge is 0.457 e. The van der Waals surface area contributed by atoms with Crippen molar-refractivity contribution in [1.29, 1.82) is 0 Å². The van der Waals surface area contributed by atoms with Gasteiger partial charge in [-0.15, -0.1) is 0 Å². The third-order valence-corrected chi connectivity index (χ3v) is 5.61. The summed E-state index contributed by atoms with van der Waals surface area (Å²) in [6, 6.07) is 22.4. The van der Waals surface area contributed by atoms with E-state index in [1.165, 1.54) is 6.07 Å². The van der Waals surface area contributed by atoms with Gasteiger partial charge in [0.25, 0.3) is 11.8 Å². The van der Waals surface area contributed by atoms with E-state index in [-0.39, 0.29) is 23.6 Å². The first kappa shape index (κ1) is 24.7. The summed E-state index contributed by atoms with van der Waals surface area (Å²) in [6.45, 7) is -0.587. The molecule has 1 fully saturated rings. The molecule has 3 aromatic rings. The Kier molecular flexibility index (Phi) is 7.82. The van der Waals surface area contributed by atoms with Crippen molar-refractivity contribution in [2.45, 2.75) is 6.42 Å². The maximum atomic E-state index is 12.4. The Balaban J connectivity index is 1.22. The van der Waals surface area contributed by atoms with Crippen LogP contribution >= 0.6 is 11.6 Å². The monoisotopic (exact) mass is 507 g/mol. The number of anilines is 1. The van der Waals surface area contributed by atoms with Crippen molar-refractivity contribution >= 4 is 41.0 Å². The molecule has 0 bridgehead atoms. The number of rotatable bonds is 8. The molecular weight excluding hydrogens is 486 g/mol. The number of halogens is 1. The number of para-hydroxylation sites is 1. The second-order valence-electron chi connectivity index (χ2n) is 7.92. The molecule has 0 aromatic heterocycles. The Bertz CT molecular complexity index is 1270. The van der Waals surface area contributed by atoms with Crippen LogP contribution in [-0.4, -0.2) is 41.9 Å². The van der Waals surface area contributed by atoms with Gasteiger partial charge in [0.15, 0.2) is 6.61 Å². The van der Waals surface area contributed by atoms with Gasteiger partial charge >= 0.3 is 5.97 Å². The number of nitrogens with zero attached hydrogens (tertiary/aromatic N) is 1. The zero-order valence-corrected chi connectivity index (χ0v) is 19.7. The topological polar surface area (TPSA) is 114 Å². The van der Waals surface area contributed by atoms with Crippen LogP contribution in [0.5, 0.6) is 11.5 Å². The van der Waals surface area contributed by atoms with Crippen molar-refractivity contribution in [2.75, 3.05) is 18.5 Å². The highest BCUT2D eigenvalue weighted by atomic mass is 35.5. The molecule has 3 amide bonds. The van der Waals surface area contributed by atoms with Gasteiger partial charge in [0.1, 0.15) is 11.5 Å². The normalized spacial score (nSPS) is 14.8. The van der Waals surface area contributed by atoms with E-state index >= 15 is 0 Å². The summed E-state index contributed by atoms with van der Waals surface area (Å²) in [4.78, 5) is 49.2. The van der Waals surface area contributed by atoms with Gasteiger partial charge in [-0.2, -0.15) is 0 Å². The van der Waals surface area contributed by atoms with Crippen LogP contribution in [0.2, 0.25) is 5.02 Å². The van der Waals surface area contributed by atoms with Crippen molar-refractivity contribution in [1.82, 2.24) is 10.4 Å². The fraction of sp³-hybridized carbons (Fsp3) is 0.154. The van der Waals surface area contributed by atoms with Crippen molar-refractivity contribution in [3.63, 3.8) is 0 Å². The lowest BCUT2D eigenvalue weighted by molar-refractivity contribution is -0.151. The predicted octanol–water partition coefficient (Wildman–Crippen LogP) is 3.81. The highest BCUT2D eigenvalue weighted by molar-refractivity contribution is 6.33. The lowest BCUT2D eigenvalue weighted by atomic mass is 10.1. The molecule has 3 aromatic carbocycles. The maximum Gasteiger partial charge on any atom is 0.311 e. The van der Waals surface area contributed by atoms with Gasteiger partial charge in [0.05, 0.1) is 23.0 Å². The molecule has 10 heteroatoms. The Labute approximate surface area is 211 Å². The van der Waals surface area contributed by atoms with Gasteiger partial charge in [-0.25, -0.2) is 0 Å². The third kappa shape index (κ3) is 6.39. The van der Waals surface area contributed by atoms with Crippen LogP contribution in [0.1, 0.15) is 16.8 Å². The number of hydrazine groups is 1. The van der Waals surface area contributed by atoms with Crippen LogP contribution in [0.15, 0.2) is 78.9 Å². The van der Waals surface area contributed by atoms with Crippen molar-refractivity contribution in [3.05, 3.63) is 89.4 Å². The first-order valence-corrected chi connectivity index (χ1v) is 11.4. The molecule has 1 saturated heterocycles. The number of carbonyl (C=O) groups excluding carboxylic acids is 4. The smallest absolute Gasteiger partial charge is 0.311 e. The van der Waals surface area contributed by atoms with E-state index in [1.54, 1.807) is 42.5 Å². The third-order valence-electron chi connectivity index (χ3n) is 5.28. The molecule has 36 heavy (non-hydrogen) atoms. The number of carbonyl (C=O) groups is 4. The van der Waals surface area contributed by atoms with E-state index < -0.39 is 36.2 Å². The lowest BCUT2D eigenvalue weighted by Crippen LogP contribution is -2.43. The Morgan fingerprint density at radius 1 is 0.917 bits per heavy atom. The lowest BCUT2D eigenvalue weighted by Gasteiger charge is -2.18. The van der Waals surface area contributed by atoms with Crippen molar-refractivity contribution in [3.8, 4) is 11.5 Å². The van der Waals surface area contributed by atoms with E-state index in [2.05, 4.69) is 10.7 Å². The molecule has 2 N–H and O–H groups in total. The van der Waals surface area contributed by atoms with Gasteiger partial charge < -0.3 is 14.8 Å². The summed E-state index contributed by atoms with van der Waals surface area (Å²) >= 11 is 6.01. The Morgan fingerprint density at radius 2 is 1.58 bits per heavy atom. The minimum atomic E-state index is -0.814. The standard InChI is InChI=1S/C26H22ClN3O6/c27-22-9-5-4-8-21(22)25(33)29-30-15-17(14-24(30)32)26(34)35-16-23(31)28-18-10-12-20(13-11-18)36-19-6-2-1-3-7-19/h1-13,17H,14-16H2,(H,28,31)(H,29,33)/t17-/m0/s1. The van der Waals surface area contributed by atoms with E-state index in [9.17, 15) is 19.2 Å². The van der Waals surface area contributed by atoms with E-state index in [4.69, 9.17) is 21.1 Å². The van der Waals surface area contributed by atoms with Crippen LogP contribution in [0.25, 0.3) is 0 Å². The second kappa shape index (κ2) is 11.4. The first-order chi connectivity index (χ1) is 17.4. The number of ether oxygens (including phenoxy) is 2. The fourth-order valence-electron chi connectivity index (χ4n) is 3.48. The molecule has 0 saturated carbocycles.